The van der Waals surface area contributed by atoms with Crippen LogP contribution in [0.3, 0.4) is 0 Å². The van der Waals surface area contributed by atoms with Crippen LogP contribution in [0.5, 0.6) is 0 Å². The summed E-state index contributed by atoms with van der Waals surface area (Å²) in [5, 5.41) is 0. The summed E-state index contributed by atoms with van der Waals surface area (Å²) >= 11 is 0. The van der Waals surface area contributed by atoms with Crippen molar-refractivity contribution in [2.75, 3.05) is 13.2 Å². The van der Waals surface area contributed by atoms with Gasteiger partial charge in [-0.1, -0.05) is 72.8 Å². The standard InChI is InChI=1S/C16H35O4P.C4H6O2/c1-5-9-11-15(7-3)13-19-21(17,18)20-14-16(8-4)12-10-6-2;1-3-6-4(2)5/h15-16H,5-14H2,1-4H3,(H,17,18);3H,1H2,2H3. The summed E-state index contributed by atoms with van der Waals surface area (Å²) in [6.07, 6.45) is 9.66. The van der Waals surface area contributed by atoms with Crippen molar-refractivity contribution < 1.29 is 28.0 Å². The Kier molecular flexibility index (Phi) is 19.7. The van der Waals surface area contributed by atoms with Gasteiger partial charge in [0.25, 0.3) is 0 Å². The molecule has 27 heavy (non-hydrogen) atoms. The molecule has 1 N–H and O–H groups in total. The van der Waals surface area contributed by atoms with E-state index in [2.05, 4.69) is 39.0 Å². The molecule has 0 aromatic carbocycles. The van der Waals surface area contributed by atoms with Crippen LogP contribution in [0.4, 0.5) is 0 Å². The van der Waals surface area contributed by atoms with E-state index in [1.165, 1.54) is 6.92 Å². The minimum atomic E-state index is -3.89. The molecule has 2 unspecified atom stereocenters. The maximum atomic E-state index is 11.9. The lowest BCUT2D eigenvalue weighted by atomic mass is 10.0. The molecule has 162 valence electrons. The average molecular weight is 409 g/mol. The highest BCUT2D eigenvalue weighted by atomic mass is 31.2. The highest BCUT2D eigenvalue weighted by Crippen LogP contribution is 2.44. The fourth-order valence-corrected chi connectivity index (χ4v) is 3.22. The summed E-state index contributed by atoms with van der Waals surface area (Å²) in [6.45, 7) is 13.6. The molecule has 0 fully saturated rings. The number of ether oxygens (including phenoxy) is 1. The molecule has 0 spiro atoms. The van der Waals surface area contributed by atoms with Gasteiger partial charge in [-0.3, -0.25) is 13.8 Å². The predicted molar refractivity (Wildman–Crippen MR) is 110 cm³/mol. The van der Waals surface area contributed by atoms with E-state index in [4.69, 9.17) is 9.05 Å². The second-order valence-electron chi connectivity index (χ2n) is 6.67. The summed E-state index contributed by atoms with van der Waals surface area (Å²) in [5.41, 5.74) is 0. The number of rotatable bonds is 15. The number of phosphoric ester groups is 1. The first-order valence-corrected chi connectivity index (χ1v) is 11.7. The lowest BCUT2D eigenvalue weighted by Crippen LogP contribution is -2.12. The number of hydrogen-bond donors (Lipinski definition) is 1. The van der Waals surface area contributed by atoms with Gasteiger partial charge in [0.2, 0.25) is 0 Å². The third-order valence-corrected chi connectivity index (χ3v) is 5.23. The van der Waals surface area contributed by atoms with Crippen LogP contribution in [0.2, 0.25) is 0 Å². The zero-order valence-corrected chi connectivity index (χ0v) is 18.8. The topological polar surface area (TPSA) is 82.1 Å². The number of carbonyl (C=O) groups is 1. The van der Waals surface area contributed by atoms with Gasteiger partial charge in [0.05, 0.1) is 19.5 Å². The fourth-order valence-electron chi connectivity index (χ4n) is 2.35. The van der Waals surface area contributed by atoms with Crippen molar-refractivity contribution in [2.45, 2.75) is 86.0 Å². The summed E-state index contributed by atoms with van der Waals surface area (Å²) < 4.78 is 26.4. The van der Waals surface area contributed by atoms with Crippen molar-refractivity contribution in [1.29, 1.82) is 0 Å². The Labute approximate surface area is 166 Å². The first kappa shape index (κ1) is 28.5. The highest BCUT2D eigenvalue weighted by Gasteiger charge is 2.24. The summed E-state index contributed by atoms with van der Waals surface area (Å²) in [4.78, 5) is 19.5. The van der Waals surface area contributed by atoms with Crippen LogP contribution in [-0.2, 0) is 23.1 Å². The van der Waals surface area contributed by atoms with Gasteiger partial charge >= 0.3 is 13.8 Å². The van der Waals surface area contributed by atoms with E-state index in [9.17, 15) is 14.3 Å². The zero-order valence-electron chi connectivity index (χ0n) is 17.9. The Morgan fingerprint density at radius 1 is 1.00 bits per heavy atom. The minimum Gasteiger partial charge on any atom is -0.435 e. The highest BCUT2D eigenvalue weighted by molar-refractivity contribution is 7.47. The predicted octanol–water partition coefficient (Wildman–Crippen LogP) is 6.25. The maximum absolute atomic E-state index is 11.9. The Bertz CT molecular complexity index is 389. The molecular weight excluding hydrogens is 367 g/mol. The van der Waals surface area contributed by atoms with Crippen LogP contribution >= 0.6 is 7.82 Å². The quantitative estimate of drug-likeness (QED) is 0.196. The third-order valence-electron chi connectivity index (χ3n) is 4.28. The Balaban J connectivity index is 0. The monoisotopic (exact) mass is 408 g/mol. The van der Waals surface area contributed by atoms with Crippen LogP contribution in [0.1, 0.15) is 86.0 Å². The van der Waals surface area contributed by atoms with Crippen LogP contribution in [0.25, 0.3) is 0 Å². The summed E-state index contributed by atoms with van der Waals surface area (Å²) in [5.74, 6) is 0.358. The molecule has 0 bridgehead atoms. The van der Waals surface area contributed by atoms with Gasteiger partial charge in [0, 0.05) is 6.92 Å². The number of carbonyl (C=O) groups excluding carboxylic acids is 1. The molecule has 2 atom stereocenters. The fraction of sp³-hybridized carbons (Fsp3) is 0.850. The van der Waals surface area contributed by atoms with Gasteiger partial charge in [0.15, 0.2) is 0 Å². The molecule has 0 saturated carbocycles. The van der Waals surface area contributed by atoms with Crippen LogP contribution in [0.15, 0.2) is 12.8 Å². The van der Waals surface area contributed by atoms with Crippen molar-refractivity contribution in [3.8, 4) is 0 Å². The van der Waals surface area contributed by atoms with Gasteiger partial charge < -0.3 is 9.63 Å². The minimum absolute atomic E-state index is 0.316. The van der Waals surface area contributed by atoms with Crippen LogP contribution < -0.4 is 0 Å². The third kappa shape index (κ3) is 19.9. The molecule has 7 heteroatoms. The number of phosphoric acid groups is 1. The maximum Gasteiger partial charge on any atom is 0.472 e. The lowest BCUT2D eigenvalue weighted by Gasteiger charge is -2.20. The number of unbranched alkanes of at least 4 members (excludes halogenated alkanes) is 2. The number of hydrogen-bond acceptors (Lipinski definition) is 5. The Morgan fingerprint density at radius 2 is 1.41 bits per heavy atom. The van der Waals surface area contributed by atoms with Gasteiger partial charge in [-0.15, -0.1) is 0 Å². The first-order chi connectivity index (χ1) is 12.8. The molecule has 0 aliphatic rings. The summed E-state index contributed by atoms with van der Waals surface area (Å²) in [7, 11) is -3.89. The first-order valence-electron chi connectivity index (χ1n) is 10.2. The lowest BCUT2D eigenvalue weighted by molar-refractivity contribution is -0.135. The van der Waals surface area contributed by atoms with Crippen molar-refractivity contribution >= 4 is 13.8 Å². The largest absolute Gasteiger partial charge is 0.472 e. The van der Waals surface area contributed by atoms with Crippen LogP contribution in [-0.4, -0.2) is 24.1 Å². The molecule has 0 amide bonds. The van der Waals surface area contributed by atoms with Crippen molar-refractivity contribution in [3.63, 3.8) is 0 Å². The SMILES string of the molecule is C=COC(C)=O.CCCCC(CC)COP(=O)(O)OCC(CC)CCCC. The molecule has 0 saturated heterocycles. The molecule has 0 rings (SSSR count). The molecule has 0 aliphatic heterocycles. The normalized spacial score (nSPS) is 15.0. The molecule has 0 aliphatic carbocycles. The Morgan fingerprint density at radius 3 is 1.63 bits per heavy atom. The molecule has 0 aromatic rings. The van der Waals surface area contributed by atoms with E-state index in [1.807, 2.05) is 0 Å². The van der Waals surface area contributed by atoms with Gasteiger partial charge in [-0.25, -0.2) is 4.57 Å². The van der Waals surface area contributed by atoms with Crippen molar-refractivity contribution in [3.05, 3.63) is 12.8 Å². The van der Waals surface area contributed by atoms with Crippen molar-refractivity contribution in [1.82, 2.24) is 0 Å². The summed E-state index contributed by atoms with van der Waals surface area (Å²) in [6, 6.07) is 0. The van der Waals surface area contributed by atoms with Crippen LogP contribution in [0, 0.1) is 11.8 Å². The Hall–Kier alpha value is -0.680. The molecular formula is C20H41O6P. The van der Waals surface area contributed by atoms with E-state index in [0.717, 1.165) is 57.6 Å². The second kappa shape index (κ2) is 18.7. The van der Waals surface area contributed by atoms with E-state index in [1.54, 1.807) is 0 Å². The van der Waals surface area contributed by atoms with E-state index in [-0.39, 0.29) is 5.97 Å². The number of esters is 1. The smallest absolute Gasteiger partial charge is 0.435 e. The van der Waals surface area contributed by atoms with E-state index < -0.39 is 7.82 Å². The van der Waals surface area contributed by atoms with Gasteiger partial charge in [-0.05, 0) is 24.7 Å². The second-order valence-corrected chi connectivity index (χ2v) is 8.12. The van der Waals surface area contributed by atoms with Gasteiger partial charge in [-0.2, -0.15) is 0 Å². The molecule has 0 radical (unpaired) electrons. The van der Waals surface area contributed by atoms with Gasteiger partial charge in [0.1, 0.15) is 0 Å². The molecule has 0 heterocycles. The van der Waals surface area contributed by atoms with E-state index in [0.29, 0.717) is 25.0 Å². The van der Waals surface area contributed by atoms with Crippen molar-refractivity contribution in [2.24, 2.45) is 11.8 Å². The zero-order chi connectivity index (χ0) is 21.1. The van der Waals surface area contributed by atoms with E-state index >= 15 is 0 Å². The average Bonchev–Trinajstić information content (AvgIpc) is 2.62. The molecule has 0 aromatic heterocycles. The molecule has 6 nitrogen and oxygen atoms in total.